The van der Waals surface area contributed by atoms with Gasteiger partial charge in [0.05, 0.1) is 0 Å². The molecule has 0 nitrogen and oxygen atoms in total. The summed E-state index contributed by atoms with van der Waals surface area (Å²) in [6.07, 6.45) is 11.9. The van der Waals surface area contributed by atoms with Gasteiger partial charge in [-0.2, -0.15) is 0 Å². The molecule has 1 aliphatic rings. The van der Waals surface area contributed by atoms with E-state index in [0.29, 0.717) is 0 Å². The molecule has 0 aromatic carbocycles. The maximum absolute atomic E-state index is 4.16. The summed E-state index contributed by atoms with van der Waals surface area (Å²) >= 11 is 0. The van der Waals surface area contributed by atoms with Crippen LogP contribution in [-0.4, -0.2) is 0 Å². The molecule has 14 heavy (non-hydrogen) atoms. The Labute approximate surface area is 88.4 Å². The molecule has 0 aromatic rings. The molecule has 1 atom stereocenters. The molecule has 0 bridgehead atoms. The molecule has 0 saturated heterocycles. The van der Waals surface area contributed by atoms with E-state index in [0.717, 1.165) is 5.92 Å². The van der Waals surface area contributed by atoms with Crippen molar-refractivity contribution in [3.8, 4) is 0 Å². The largest absolute Gasteiger partial charge is 0.0991 e. The highest BCUT2D eigenvalue weighted by Crippen LogP contribution is 2.35. The van der Waals surface area contributed by atoms with Crippen molar-refractivity contribution in [1.29, 1.82) is 0 Å². The summed E-state index contributed by atoms with van der Waals surface area (Å²) < 4.78 is 0. The molecule has 1 fully saturated rings. The van der Waals surface area contributed by atoms with Crippen molar-refractivity contribution in [2.75, 3.05) is 0 Å². The Hall–Kier alpha value is -0.780. The van der Waals surface area contributed by atoms with E-state index in [1.807, 2.05) is 6.08 Å². The predicted molar refractivity (Wildman–Crippen MR) is 64.3 cm³/mol. The van der Waals surface area contributed by atoms with Gasteiger partial charge in [0, 0.05) is 0 Å². The third kappa shape index (κ3) is 2.87. The molecule has 1 rings (SSSR count). The summed E-state index contributed by atoms with van der Waals surface area (Å²) in [4.78, 5) is 0. The van der Waals surface area contributed by atoms with Crippen LogP contribution < -0.4 is 0 Å². The van der Waals surface area contributed by atoms with Gasteiger partial charge >= 0.3 is 0 Å². The Morgan fingerprint density at radius 1 is 1.50 bits per heavy atom. The molecule has 0 heterocycles. The SMILES string of the molecule is C=C/C=C1\C(=C)CCCC1CCCC. The Morgan fingerprint density at radius 2 is 2.29 bits per heavy atom. The quantitative estimate of drug-likeness (QED) is 0.605. The van der Waals surface area contributed by atoms with Crippen molar-refractivity contribution in [2.24, 2.45) is 5.92 Å². The summed E-state index contributed by atoms with van der Waals surface area (Å²) in [5, 5.41) is 0. The first-order valence-corrected chi connectivity index (χ1v) is 5.80. The van der Waals surface area contributed by atoms with Crippen LogP contribution in [0.4, 0.5) is 0 Å². The molecular formula is C14H22. The second kappa shape index (κ2) is 5.85. The van der Waals surface area contributed by atoms with E-state index in [-0.39, 0.29) is 0 Å². The third-order valence-corrected chi connectivity index (χ3v) is 3.08. The topological polar surface area (TPSA) is 0 Å². The number of rotatable bonds is 4. The van der Waals surface area contributed by atoms with E-state index in [1.165, 1.54) is 49.7 Å². The minimum absolute atomic E-state index is 0.759. The summed E-state index contributed by atoms with van der Waals surface area (Å²) in [5.41, 5.74) is 2.82. The van der Waals surface area contributed by atoms with Crippen molar-refractivity contribution in [3.05, 3.63) is 36.5 Å². The Balaban J connectivity index is 2.65. The van der Waals surface area contributed by atoms with Gasteiger partial charge in [-0.3, -0.25) is 0 Å². The average Bonchev–Trinajstić information content (AvgIpc) is 2.19. The molecule has 0 aliphatic heterocycles. The number of hydrogen-bond donors (Lipinski definition) is 0. The Morgan fingerprint density at radius 3 is 2.93 bits per heavy atom. The summed E-state index contributed by atoms with van der Waals surface area (Å²) in [6.45, 7) is 10.2. The molecule has 1 aliphatic carbocycles. The number of hydrogen-bond acceptors (Lipinski definition) is 0. The van der Waals surface area contributed by atoms with Gasteiger partial charge in [0.15, 0.2) is 0 Å². The summed E-state index contributed by atoms with van der Waals surface area (Å²) in [6, 6.07) is 0. The van der Waals surface area contributed by atoms with Crippen molar-refractivity contribution in [3.63, 3.8) is 0 Å². The molecule has 0 N–H and O–H groups in total. The van der Waals surface area contributed by atoms with Crippen LogP contribution in [-0.2, 0) is 0 Å². The highest BCUT2D eigenvalue weighted by molar-refractivity contribution is 5.35. The third-order valence-electron chi connectivity index (χ3n) is 3.08. The van der Waals surface area contributed by atoms with E-state index in [4.69, 9.17) is 0 Å². The van der Waals surface area contributed by atoms with Crippen LogP contribution in [0.5, 0.6) is 0 Å². The molecule has 0 spiro atoms. The first kappa shape index (κ1) is 11.3. The molecule has 0 amide bonds. The zero-order valence-corrected chi connectivity index (χ0v) is 9.39. The lowest BCUT2D eigenvalue weighted by molar-refractivity contribution is 0.454. The van der Waals surface area contributed by atoms with Gasteiger partial charge in [-0.05, 0) is 37.2 Å². The normalized spacial score (nSPS) is 25.4. The van der Waals surface area contributed by atoms with E-state index < -0.39 is 0 Å². The van der Waals surface area contributed by atoms with Crippen LogP contribution in [0, 0.1) is 5.92 Å². The van der Waals surface area contributed by atoms with Crippen molar-refractivity contribution >= 4 is 0 Å². The average molecular weight is 190 g/mol. The minimum atomic E-state index is 0.759. The first-order chi connectivity index (χ1) is 6.79. The number of unbranched alkanes of at least 4 members (excludes halogenated alkanes) is 1. The standard InChI is InChI=1S/C14H22/c1-4-6-10-13-11-7-9-12(3)14(13)8-5-2/h5,8,13H,2-4,6-7,9-11H2,1H3/b14-8+. The molecule has 1 saturated carbocycles. The first-order valence-electron chi connectivity index (χ1n) is 5.80. The molecule has 0 heteroatoms. The lowest BCUT2D eigenvalue weighted by Crippen LogP contribution is -2.11. The van der Waals surface area contributed by atoms with Crippen molar-refractivity contribution < 1.29 is 0 Å². The van der Waals surface area contributed by atoms with Crippen LogP contribution in [0.2, 0.25) is 0 Å². The maximum atomic E-state index is 4.16. The van der Waals surface area contributed by atoms with Crippen LogP contribution in [0.1, 0.15) is 45.4 Å². The maximum Gasteiger partial charge on any atom is -0.0159 e. The second-order valence-corrected chi connectivity index (χ2v) is 4.19. The van der Waals surface area contributed by atoms with Gasteiger partial charge < -0.3 is 0 Å². The van der Waals surface area contributed by atoms with E-state index >= 15 is 0 Å². The fourth-order valence-electron chi connectivity index (χ4n) is 2.28. The van der Waals surface area contributed by atoms with E-state index in [2.05, 4.69) is 26.2 Å². The Bertz CT molecular complexity index is 232. The van der Waals surface area contributed by atoms with Gasteiger partial charge in [-0.25, -0.2) is 0 Å². The molecule has 0 radical (unpaired) electrons. The monoisotopic (exact) mass is 190 g/mol. The fraction of sp³-hybridized carbons (Fsp3) is 0.571. The minimum Gasteiger partial charge on any atom is -0.0991 e. The number of allylic oxidation sites excluding steroid dienone is 4. The van der Waals surface area contributed by atoms with E-state index in [9.17, 15) is 0 Å². The van der Waals surface area contributed by atoms with Crippen LogP contribution in [0.3, 0.4) is 0 Å². The predicted octanol–water partition coefficient (Wildman–Crippen LogP) is 4.65. The molecule has 78 valence electrons. The second-order valence-electron chi connectivity index (χ2n) is 4.19. The lowest BCUT2D eigenvalue weighted by Gasteiger charge is -2.27. The zero-order valence-electron chi connectivity index (χ0n) is 9.39. The fourth-order valence-corrected chi connectivity index (χ4v) is 2.28. The van der Waals surface area contributed by atoms with Gasteiger partial charge in [-0.1, -0.05) is 50.6 Å². The van der Waals surface area contributed by atoms with Crippen LogP contribution >= 0.6 is 0 Å². The zero-order chi connectivity index (χ0) is 10.4. The van der Waals surface area contributed by atoms with Crippen molar-refractivity contribution in [1.82, 2.24) is 0 Å². The Kier molecular flexibility index (Phi) is 4.72. The van der Waals surface area contributed by atoms with Gasteiger partial charge in [0.1, 0.15) is 0 Å². The van der Waals surface area contributed by atoms with Crippen molar-refractivity contribution in [2.45, 2.75) is 45.4 Å². The van der Waals surface area contributed by atoms with Crippen LogP contribution in [0.25, 0.3) is 0 Å². The smallest absolute Gasteiger partial charge is 0.0159 e. The highest BCUT2D eigenvalue weighted by atomic mass is 14.2. The molecular weight excluding hydrogens is 168 g/mol. The van der Waals surface area contributed by atoms with Crippen LogP contribution in [0.15, 0.2) is 36.5 Å². The molecule has 1 unspecified atom stereocenters. The summed E-state index contributed by atoms with van der Waals surface area (Å²) in [5.74, 6) is 0.759. The van der Waals surface area contributed by atoms with E-state index in [1.54, 1.807) is 0 Å². The summed E-state index contributed by atoms with van der Waals surface area (Å²) in [7, 11) is 0. The highest BCUT2D eigenvalue weighted by Gasteiger charge is 2.20. The van der Waals surface area contributed by atoms with Gasteiger partial charge in [0.25, 0.3) is 0 Å². The lowest BCUT2D eigenvalue weighted by atomic mass is 9.78. The van der Waals surface area contributed by atoms with Gasteiger partial charge in [0.2, 0.25) is 0 Å². The van der Waals surface area contributed by atoms with Gasteiger partial charge in [-0.15, -0.1) is 0 Å². The molecule has 0 aromatic heterocycles.